The van der Waals surface area contributed by atoms with Crippen molar-refractivity contribution < 1.29 is 39.5 Å². The first kappa shape index (κ1) is 25.9. The van der Waals surface area contributed by atoms with Gasteiger partial charge < -0.3 is 15.3 Å². The summed E-state index contributed by atoms with van der Waals surface area (Å²) in [6.45, 7) is 2.17. The summed E-state index contributed by atoms with van der Waals surface area (Å²) in [6.07, 6.45) is -2.75. The van der Waals surface area contributed by atoms with Crippen LogP contribution in [0, 0.1) is 20.2 Å². The van der Waals surface area contributed by atoms with E-state index in [9.17, 15) is 25.0 Å². The Hall–Kier alpha value is -1.79. The summed E-state index contributed by atoms with van der Waals surface area (Å²) in [5.74, 6) is -3.74. The van der Waals surface area contributed by atoms with Crippen LogP contribution in [0.5, 0.6) is 0 Å². The molecule has 0 aromatic heterocycles. The summed E-state index contributed by atoms with van der Waals surface area (Å²) in [4.78, 5) is 43.9. The first-order valence-corrected chi connectivity index (χ1v) is 3.82. The number of hydrogen-bond donors (Lipinski definition) is 3. The molecule has 12 nitrogen and oxygen atoms in total. The zero-order valence-electron chi connectivity index (χ0n) is 9.17. The fraction of sp³-hybridized carbons (Fsp3) is 0.500. The van der Waals surface area contributed by atoms with Crippen molar-refractivity contribution in [3.63, 3.8) is 0 Å². The monoisotopic (exact) mass is 294 g/mol. The Bertz CT molecular complexity index is 290. The molecule has 0 bridgehead atoms. The molecule has 19 heavy (non-hydrogen) atoms. The van der Waals surface area contributed by atoms with E-state index in [1.807, 2.05) is 0 Å². The molecule has 13 heteroatoms. The molecular formula is C6H11N2NaO10. The third-order valence-electron chi connectivity index (χ3n) is 0.620. The Morgan fingerprint density at radius 3 is 1.05 bits per heavy atom. The predicted octanol–water partition coefficient (Wildman–Crippen LogP) is -1.52. The maximum absolute atomic E-state index is 9.70. The van der Waals surface area contributed by atoms with E-state index in [-0.39, 0.29) is 29.6 Å². The Morgan fingerprint density at radius 2 is 1.05 bits per heavy atom. The Kier molecular flexibility index (Phi) is 19.5. The van der Waals surface area contributed by atoms with Crippen LogP contribution in [0.4, 0.5) is 0 Å². The van der Waals surface area contributed by atoms with Crippen LogP contribution in [0.3, 0.4) is 0 Å². The molecule has 0 rings (SSSR count). The molecule has 0 radical (unpaired) electrons. The number of carboxylic acids is 3. The van der Waals surface area contributed by atoms with E-state index in [0.717, 1.165) is 13.8 Å². The van der Waals surface area contributed by atoms with E-state index in [0.29, 0.717) is 0 Å². The number of rotatable bonds is 3. The van der Waals surface area contributed by atoms with Crippen molar-refractivity contribution in [1.82, 2.24) is 0 Å². The van der Waals surface area contributed by atoms with Crippen molar-refractivity contribution in [2.45, 2.75) is 20.0 Å². The minimum atomic E-state index is -2.75. The van der Waals surface area contributed by atoms with E-state index < -0.39 is 33.9 Å². The summed E-state index contributed by atoms with van der Waals surface area (Å²) >= 11 is 0. The first-order valence-electron chi connectivity index (χ1n) is 3.82. The predicted molar refractivity (Wildman–Crippen MR) is 59.2 cm³/mol. The molecule has 0 amide bonds. The minimum absolute atomic E-state index is 0. The Labute approximate surface area is 127 Å². The fourth-order valence-electron chi connectivity index (χ4n) is 0.257. The van der Waals surface area contributed by atoms with Gasteiger partial charge in [0.15, 0.2) is 0 Å². The number of nitrogens with zero attached hydrogens (tertiary/aromatic N) is 2. The molecule has 0 unspecified atom stereocenters. The molecule has 0 spiro atoms. The van der Waals surface area contributed by atoms with E-state index in [1.165, 1.54) is 0 Å². The Balaban J connectivity index is -0.000000105. The first-order chi connectivity index (χ1) is 7.93. The van der Waals surface area contributed by atoms with Crippen molar-refractivity contribution in [1.29, 1.82) is 0 Å². The summed E-state index contributed by atoms with van der Waals surface area (Å²) in [5.41, 5.74) is 0. The average molecular weight is 294 g/mol. The molecule has 0 aliphatic rings. The molecule has 3 N–H and O–H groups in total. The van der Waals surface area contributed by atoms with Crippen LogP contribution in [0.2, 0.25) is 0 Å². The molecule has 0 atom stereocenters. The summed E-state index contributed by atoms with van der Waals surface area (Å²) < 4.78 is 0. The second kappa shape index (κ2) is 14.3. The number of carboxylic acid groups (broad SMARTS) is 3. The molecule has 0 saturated carbocycles. The number of hydrogen-bond acceptors (Lipinski definition) is 7. The van der Waals surface area contributed by atoms with Crippen LogP contribution in [0.1, 0.15) is 13.8 Å². The number of nitro groups is 2. The van der Waals surface area contributed by atoms with Gasteiger partial charge in [0, 0.05) is 13.8 Å². The van der Waals surface area contributed by atoms with Crippen molar-refractivity contribution in [2.75, 3.05) is 0 Å². The third kappa shape index (κ3) is 31.4. The molecule has 0 aromatic rings. The molecular weight excluding hydrogens is 283 g/mol. The van der Waals surface area contributed by atoms with Gasteiger partial charge in [0.1, 0.15) is 9.85 Å². The van der Waals surface area contributed by atoms with Crippen LogP contribution in [-0.4, -0.2) is 78.8 Å². The van der Waals surface area contributed by atoms with Crippen LogP contribution in [0.15, 0.2) is 0 Å². The second-order valence-electron chi connectivity index (χ2n) is 2.32. The molecule has 0 fully saturated rings. The van der Waals surface area contributed by atoms with Gasteiger partial charge in [0.05, 0.1) is 0 Å². The second-order valence-corrected chi connectivity index (χ2v) is 2.32. The van der Waals surface area contributed by atoms with E-state index >= 15 is 0 Å². The van der Waals surface area contributed by atoms with E-state index in [2.05, 4.69) is 0 Å². The third-order valence-corrected chi connectivity index (χ3v) is 0.620. The van der Waals surface area contributed by atoms with Crippen molar-refractivity contribution in [3.8, 4) is 0 Å². The average Bonchev–Trinajstić information content (AvgIpc) is 1.96. The van der Waals surface area contributed by atoms with Crippen LogP contribution in [0.25, 0.3) is 0 Å². The summed E-state index contributed by atoms with van der Waals surface area (Å²) in [5, 5.41) is 41.8. The zero-order valence-corrected chi connectivity index (χ0v) is 9.17. The molecule has 0 aliphatic carbocycles. The Morgan fingerprint density at radius 1 is 0.895 bits per heavy atom. The van der Waals surface area contributed by atoms with Gasteiger partial charge in [0.2, 0.25) is 0 Å². The van der Waals surface area contributed by atoms with Gasteiger partial charge in [-0.25, -0.2) is 4.79 Å². The molecule has 0 aromatic carbocycles. The van der Waals surface area contributed by atoms with Crippen molar-refractivity contribution in [2.24, 2.45) is 0 Å². The summed E-state index contributed by atoms with van der Waals surface area (Å²) in [7, 11) is 0. The fourth-order valence-corrected chi connectivity index (χ4v) is 0.257. The molecule has 0 saturated heterocycles. The van der Waals surface area contributed by atoms with Gasteiger partial charge in [-0.05, 0) is 0 Å². The molecule has 0 aliphatic heterocycles. The number of aliphatic carboxylic acids is 3. The summed E-state index contributed by atoms with van der Waals surface area (Å²) in [6, 6.07) is 0. The standard InChI is InChI=1S/C2H2N2O6.2C2H4O2.Na.H/c5-2(6)1(3(7)8)4(9)10;2*1-2(3)4;;/h1H,(H,5,6);2*1H3,(H,3,4);;. The van der Waals surface area contributed by atoms with Gasteiger partial charge in [0.25, 0.3) is 11.9 Å². The normalized spacial score (nSPS) is 7.53. The van der Waals surface area contributed by atoms with Gasteiger partial charge in [-0.3, -0.25) is 29.8 Å². The van der Waals surface area contributed by atoms with Crippen LogP contribution < -0.4 is 0 Å². The van der Waals surface area contributed by atoms with E-state index in [4.69, 9.17) is 24.9 Å². The van der Waals surface area contributed by atoms with Crippen molar-refractivity contribution in [3.05, 3.63) is 20.2 Å². The van der Waals surface area contributed by atoms with Crippen LogP contribution in [-0.2, 0) is 14.4 Å². The zero-order chi connectivity index (χ0) is 15.5. The number of carbonyl (C=O) groups is 3. The van der Waals surface area contributed by atoms with Gasteiger partial charge in [-0.15, -0.1) is 0 Å². The van der Waals surface area contributed by atoms with Gasteiger partial charge >= 0.3 is 41.7 Å². The van der Waals surface area contributed by atoms with Crippen molar-refractivity contribution >= 4 is 47.5 Å². The van der Waals surface area contributed by atoms with E-state index in [1.54, 1.807) is 0 Å². The van der Waals surface area contributed by atoms with Gasteiger partial charge in [-0.2, -0.15) is 0 Å². The van der Waals surface area contributed by atoms with Crippen LogP contribution >= 0.6 is 0 Å². The molecule has 0 heterocycles. The maximum atomic E-state index is 9.70. The van der Waals surface area contributed by atoms with Gasteiger partial charge in [-0.1, -0.05) is 0 Å². The topological polar surface area (TPSA) is 198 Å². The molecule has 106 valence electrons. The quantitative estimate of drug-likeness (QED) is 0.237. The SMILES string of the molecule is CC(=O)O.CC(=O)O.O=C(O)C([N+](=O)[O-])[N+](=O)[O-].[NaH].